The van der Waals surface area contributed by atoms with Crippen LogP contribution in [0.5, 0.6) is 0 Å². The van der Waals surface area contributed by atoms with Crippen molar-refractivity contribution in [3.05, 3.63) is 65.2 Å². The van der Waals surface area contributed by atoms with Crippen molar-refractivity contribution in [3.8, 4) is 0 Å². The topological polar surface area (TPSA) is 6.25 Å². The Labute approximate surface area is 182 Å². The van der Waals surface area contributed by atoms with Gasteiger partial charge in [-0.05, 0) is 64.0 Å². The van der Waals surface area contributed by atoms with Gasteiger partial charge in [-0.3, -0.25) is 0 Å². The van der Waals surface area contributed by atoms with Crippen LogP contribution in [0.2, 0.25) is 0 Å². The Morgan fingerprint density at radius 1 is 1.00 bits per heavy atom. The number of fused-ring (bicyclic) bond motifs is 1. The highest BCUT2D eigenvalue weighted by Gasteiger charge is 2.42. The second-order valence-electron chi connectivity index (χ2n) is 7.63. The summed E-state index contributed by atoms with van der Waals surface area (Å²) in [6.45, 7) is 13.3. The molecule has 1 heterocycles. The number of hydrogen-bond acceptors (Lipinski definition) is 1. The van der Waals surface area contributed by atoms with E-state index < -0.39 is 0 Å². The van der Waals surface area contributed by atoms with Gasteiger partial charge in [0.15, 0.2) is 5.71 Å². The zero-order valence-electron chi connectivity index (χ0n) is 17.8. The smallest absolute Gasteiger partial charge is 0.209 e. The molecule has 0 spiro atoms. The molecule has 0 saturated heterocycles. The maximum atomic E-state index is 2.39. The van der Waals surface area contributed by atoms with Crippen LogP contribution in [0.1, 0.15) is 44.4 Å². The predicted octanol–water partition coefficient (Wildman–Crippen LogP) is 2.99. The molecule has 0 aromatic heterocycles. The first kappa shape index (κ1) is 24.3. The number of rotatable bonds is 5. The van der Waals surface area contributed by atoms with Gasteiger partial charge in [0.25, 0.3) is 0 Å². The number of para-hydroxylation sites is 1. The van der Waals surface area contributed by atoms with Gasteiger partial charge in [-0.15, -0.1) is 12.4 Å². The van der Waals surface area contributed by atoms with E-state index in [9.17, 15) is 0 Å². The molecule has 0 aliphatic carbocycles. The third-order valence-corrected chi connectivity index (χ3v) is 5.74. The number of hydrogen-bond donors (Lipinski definition) is 0. The number of benzene rings is 2. The summed E-state index contributed by atoms with van der Waals surface area (Å²) in [5.41, 5.74) is 7.99. The lowest BCUT2D eigenvalue weighted by atomic mass is 9.81. The Bertz CT molecular complexity index is 878. The molecule has 1 aliphatic heterocycles. The van der Waals surface area contributed by atoms with E-state index in [4.69, 9.17) is 0 Å². The van der Waals surface area contributed by atoms with Gasteiger partial charge >= 0.3 is 0 Å². The largest absolute Gasteiger partial charge is 1.00 e. The molecule has 152 valence electrons. The molecular weight excluding hydrogens is 387 g/mol. The summed E-state index contributed by atoms with van der Waals surface area (Å²) in [6.07, 6.45) is 4.56. The second kappa shape index (κ2) is 9.62. The summed E-state index contributed by atoms with van der Waals surface area (Å²) in [6, 6.07) is 15.5. The molecule has 0 atom stereocenters. The van der Waals surface area contributed by atoms with E-state index in [1.807, 2.05) is 0 Å². The normalized spacial score (nSPS) is 14.5. The lowest BCUT2D eigenvalue weighted by Gasteiger charge is -2.22. The van der Waals surface area contributed by atoms with E-state index >= 15 is 0 Å². The van der Waals surface area contributed by atoms with Crippen LogP contribution in [0.4, 0.5) is 11.4 Å². The fourth-order valence-electron chi connectivity index (χ4n) is 4.10. The summed E-state index contributed by atoms with van der Waals surface area (Å²) in [4.78, 5) is 2.39. The van der Waals surface area contributed by atoms with Crippen molar-refractivity contribution in [1.29, 1.82) is 0 Å². The average Bonchev–Trinajstić information content (AvgIpc) is 2.82. The third kappa shape index (κ3) is 4.29. The van der Waals surface area contributed by atoms with Gasteiger partial charge < -0.3 is 17.3 Å². The highest BCUT2D eigenvalue weighted by Crippen LogP contribution is 2.39. The van der Waals surface area contributed by atoms with E-state index in [1.165, 1.54) is 33.8 Å². The highest BCUT2D eigenvalue weighted by molar-refractivity contribution is 6.05. The SMILES string of the molecule is CCN(CC)c1ccc(C=CC2=[N+](C)c3ccccc3C2(C)C)c(C)c1.Cl.[Cl-]. The maximum absolute atomic E-state index is 2.39. The van der Waals surface area contributed by atoms with Crippen LogP contribution in [-0.4, -0.2) is 30.4 Å². The molecule has 0 unspecified atom stereocenters. The molecule has 2 nitrogen and oxygen atoms in total. The van der Waals surface area contributed by atoms with Gasteiger partial charge in [0.05, 0.1) is 5.41 Å². The molecule has 28 heavy (non-hydrogen) atoms. The summed E-state index contributed by atoms with van der Waals surface area (Å²) in [5.74, 6) is 0. The van der Waals surface area contributed by atoms with Gasteiger partial charge in [-0.1, -0.05) is 24.3 Å². The van der Waals surface area contributed by atoms with Crippen molar-refractivity contribution >= 4 is 35.6 Å². The average molecular weight is 419 g/mol. The monoisotopic (exact) mass is 418 g/mol. The summed E-state index contributed by atoms with van der Waals surface area (Å²) < 4.78 is 2.32. The molecule has 0 saturated carbocycles. The Hall–Kier alpha value is -1.77. The highest BCUT2D eigenvalue weighted by atomic mass is 35.5. The van der Waals surface area contributed by atoms with E-state index in [0.29, 0.717) is 0 Å². The van der Waals surface area contributed by atoms with Crippen LogP contribution in [0.3, 0.4) is 0 Å². The lowest BCUT2D eigenvalue weighted by Crippen LogP contribution is -3.00. The number of allylic oxidation sites excluding steroid dienone is 1. The van der Waals surface area contributed by atoms with Crippen molar-refractivity contribution in [2.45, 2.75) is 40.0 Å². The molecular formula is C24H32Cl2N2. The second-order valence-corrected chi connectivity index (χ2v) is 7.63. The van der Waals surface area contributed by atoms with Gasteiger partial charge in [-0.25, -0.2) is 0 Å². The van der Waals surface area contributed by atoms with E-state index in [2.05, 4.69) is 106 Å². The van der Waals surface area contributed by atoms with Crippen LogP contribution in [0.25, 0.3) is 6.08 Å². The first-order valence-electron chi connectivity index (χ1n) is 9.64. The first-order valence-corrected chi connectivity index (χ1v) is 9.64. The van der Waals surface area contributed by atoms with E-state index in [1.54, 1.807) is 0 Å². The summed E-state index contributed by atoms with van der Waals surface area (Å²) in [5, 5.41) is 0. The van der Waals surface area contributed by atoms with Gasteiger partial charge in [0, 0.05) is 36.5 Å². The Balaban J connectivity index is 0.00000196. The molecule has 2 aromatic rings. The van der Waals surface area contributed by atoms with Gasteiger partial charge in [0.1, 0.15) is 7.05 Å². The molecule has 0 bridgehead atoms. The van der Waals surface area contributed by atoms with E-state index in [0.717, 1.165) is 13.1 Å². The zero-order valence-corrected chi connectivity index (χ0v) is 19.4. The quantitative estimate of drug-likeness (QED) is 0.676. The molecule has 3 rings (SSSR count). The van der Waals surface area contributed by atoms with Crippen molar-refractivity contribution in [1.82, 2.24) is 0 Å². The van der Waals surface area contributed by atoms with Crippen LogP contribution in [0.15, 0.2) is 48.5 Å². The van der Waals surface area contributed by atoms with Crippen LogP contribution < -0.4 is 17.3 Å². The Kier molecular flexibility index (Phi) is 8.34. The minimum absolute atomic E-state index is 0. The maximum Gasteiger partial charge on any atom is 0.209 e. The number of aryl methyl sites for hydroxylation is 1. The van der Waals surface area contributed by atoms with Crippen molar-refractivity contribution in [2.75, 3.05) is 25.0 Å². The molecule has 4 heteroatoms. The third-order valence-electron chi connectivity index (χ3n) is 5.74. The molecule has 0 fully saturated rings. The van der Waals surface area contributed by atoms with Crippen molar-refractivity contribution in [2.24, 2.45) is 0 Å². The van der Waals surface area contributed by atoms with Crippen LogP contribution in [0, 0.1) is 6.92 Å². The van der Waals surface area contributed by atoms with E-state index in [-0.39, 0.29) is 30.2 Å². The van der Waals surface area contributed by atoms with Gasteiger partial charge in [0.2, 0.25) is 5.69 Å². The van der Waals surface area contributed by atoms with Crippen LogP contribution in [-0.2, 0) is 5.41 Å². The minimum atomic E-state index is 0. The number of nitrogens with zero attached hydrogens (tertiary/aromatic N) is 2. The minimum Gasteiger partial charge on any atom is -1.00 e. The molecule has 2 aromatic carbocycles. The van der Waals surface area contributed by atoms with Gasteiger partial charge in [-0.2, -0.15) is 4.58 Å². The zero-order chi connectivity index (χ0) is 18.9. The Morgan fingerprint density at radius 3 is 2.21 bits per heavy atom. The lowest BCUT2D eigenvalue weighted by molar-refractivity contribution is -0.401. The molecule has 0 radical (unpaired) electrons. The standard InChI is InChI=1S/C24H31N2.2ClH/c1-7-26(8-2)20-15-13-19(18(3)17-20)14-16-23-24(4,5)21-11-9-10-12-22(21)25(23)6;;/h9-17H,7-8H2,1-6H3;2*1H/q+1;;/p-1. The number of anilines is 1. The van der Waals surface area contributed by atoms with Crippen molar-refractivity contribution < 1.29 is 17.0 Å². The van der Waals surface area contributed by atoms with Crippen LogP contribution >= 0.6 is 12.4 Å². The first-order chi connectivity index (χ1) is 12.4. The summed E-state index contributed by atoms with van der Waals surface area (Å²) >= 11 is 0. The molecule has 0 amide bonds. The molecule has 1 aliphatic rings. The molecule has 0 N–H and O–H groups in total. The fraction of sp³-hybridized carbons (Fsp3) is 0.375. The fourth-order valence-corrected chi connectivity index (χ4v) is 4.10. The Morgan fingerprint density at radius 2 is 1.64 bits per heavy atom. The predicted molar refractivity (Wildman–Crippen MR) is 121 cm³/mol. The summed E-state index contributed by atoms with van der Waals surface area (Å²) in [7, 11) is 2.17. The van der Waals surface area contributed by atoms with Crippen molar-refractivity contribution in [3.63, 3.8) is 0 Å². The number of halogens is 2.